The third-order valence-corrected chi connectivity index (χ3v) is 5.49. The second-order valence-corrected chi connectivity index (χ2v) is 8.03. The van der Waals surface area contributed by atoms with Gasteiger partial charge in [0.2, 0.25) is 0 Å². The Labute approximate surface area is 196 Å². The summed E-state index contributed by atoms with van der Waals surface area (Å²) in [5, 5.41) is 2.82. The molecule has 0 atom stereocenters. The van der Waals surface area contributed by atoms with Gasteiger partial charge in [-0.1, -0.05) is 0 Å². The van der Waals surface area contributed by atoms with E-state index in [9.17, 15) is 14.4 Å². The Bertz CT molecular complexity index is 1360. The van der Waals surface area contributed by atoms with Crippen molar-refractivity contribution in [3.8, 4) is 0 Å². The maximum atomic E-state index is 13.0. The van der Waals surface area contributed by atoms with Gasteiger partial charge in [0.25, 0.3) is 5.91 Å². The summed E-state index contributed by atoms with van der Waals surface area (Å²) in [5.41, 5.74) is 2.83. The fourth-order valence-electron chi connectivity index (χ4n) is 3.70. The topological polar surface area (TPSA) is 100 Å². The molecular formula is C25H25N5O4. The van der Waals surface area contributed by atoms with Gasteiger partial charge in [-0.3, -0.25) is 18.9 Å². The maximum absolute atomic E-state index is 13.0. The number of nitrogens with zero attached hydrogens (tertiary/aromatic N) is 4. The molecule has 0 unspecified atom stereocenters. The summed E-state index contributed by atoms with van der Waals surface area (Å²) in [7, 11) is 3.33. The smallest absolute Gasteiger partial charge is 0.327 e. The first-order valence-corrected chi connectivity index (χ1v) is 10.7. The highest BCUT2D eigenvalue weighted by Crippen LogP contribution is 2.23. The van der Waals surface area contributed by atoms with Crippen molar-refractivity contribution in [2.45, 2.75) is 20.4 Å². The second-order valence-electron chi connectivity index (χ2n) is 8.03. The predicted molar refractivity (Wildman–Crippen MR) is 128 cm³/mol. The van der Waals surface area contributed by atoms with Crippen molar-refractivity contribution in [3.63, 3.8) is 0 Å². The number of nitrogens with one attached hydrogen (secondary N) is 1. The minimum Gasteiger partial charge on any atom is -0.467 e. The van der Waals surface area contributed by atoms with Gasteiger partial charge in [-0.2, -0.15) is 0 Å². The quantitative estimate of drug-likeness (QED) is 0.431. The highest BCUT2D eigenvalue weighted by molar-refractivity contribution is 6.02. The summed E-state index contributed by atoms with van der Waals surface area (Å²) < 4.78 is 7.05. The summed E-state index contributed by atoms with van der Waals surface area (Å²) in [6.07, 6.45) is 3.25. The number of carbonyl (C=O) groups excluding carboxylic acids is 3. The fourth-order valence-corrected chi connectivity index (χ4v) is 3.70. The highest BCUT2D eigenvalue weighted by Gasteiger charge is 2.21. The van der Waals surface area contributed by atoms with E-state index < -0.39 is 0 Å². The molecule has 1 aromatic carbocycles. The van der Waals surface area contributed by atoms with Crippen LogP contribution in [0.25, 0.3) is 5.65 Å². The summed E-state index contributed by atoms with van der Waals surface area (Å²) >= 11 is 0. The average molecular weight is 460 g/mol. The van der Waals surface area contributed by atoms with Crippen LogP contribution in [0.2, 0.25) is 0 Å². The van der Waals surface area contributed by atoms with Gasteiger partial charge in [0.1, 0.15) is 17.2 Å². The number of urea groups is 1. The molecule has 9 heteroatoms. The Morgan fingerprint density at radius 2 is 1.74 bits per heavy atom. The van der Waals surface area contributed by atoms with E-state index in [2.05, 4.69) is 10.3 Å². The number of hydrogen-bond donors (Lipinski definition) is 1. The van der Waals surface area contributed by atoms with E-state index in [-0.39, 0.29) is 17.7 Å². The van der Waals surface area contributed by atoms with Crippen LogP contribution in [0, 0.1) is 6.92 Å². The first kappa shape index (κ1) is 22.8. The number of amides is 3. The molecule has 4 aromatic rings. The molecule has 0 saturated carbocycles. The number of carbonyl (C=O) groups is 3. The number of imidazole rings is 1. The van der Waals surface area contributed by atoms with Gasteiger partial charge in [-0.25, -0.2) is 9.78 Å². The molecule has 3 heterocycles. The Hall–Kier alpha value is -4.40. The summed E-state index contributed by atoms with van der Waals surface area (Å²) in [6.45, 7) is 3.63. The number of rotatable bonds is 6. The zero-order valence-corrected chi connectivity index (χ0v) is 19.4. The molecule has 0 aliphatic rings. The second kappa shape index (κ2) is 9.22. The molecule has 0 radical (unpaired) electrons. The van der Waals surface area contributed by atoms with E-state index in [0.29, 0.717) is 46.3 Å². The van der Waals surface area contributed by atoms with Crippen molar-refractivity contribution in [3.05, 3.63) is 83.6 Å². The van der Waals surface area contributed by atoms with Crippen LogP contribution < -0.4 is 10.2 Å². The summed E-state index contributed by atoms with van der Waals surface area (Å²) in [6, 6.07) is 13.3. The SMILES string of the molecule is CC(=O)c1ccc(NC(=O)N(C)c2c(C)nc3ccc(C(=O)N(C)Cc4ccco4)cn23)cc1. The monoisotopic (exact) mass is 459 g/mol. The lowest BCUT2D eigenvalue weighted by atomic mass is 10.1. The van der Waals surface area contributed by atoms with E-state index in [0.717, 1.165) is 0 Å². The third-order valence-electron chi connectivity index (χ3n) is 5.49. The molecule has 0 bridgehead atoms. The molecule has 174 valence electrons. The number of hydrogen-bond acceptors (Lipinski definition) is 5. The van der Waals surface area contributed by atoms with E-state index >= 15 is 0 Å². The van der Waals surface area contributed by atoms with Crippen molar-refractivity contribution in [1.29, 1.82) is 0 Å². The Morgan fingerprint density at radius 3 is 2.38 bits per heavy atom. The standard InChI is InChI=1S/C25H25N5O4/c1-16-23(29(4)25(33)27-20-10-7-18(8-11-20)17(2)31)30-14-19(9-12-22(30)26-16)24(32)28(3)15-21-6-5-13-34-21/h5-14H,15H2,1-4H3,(H,27,33). The molecule has 0 fully saturated rings. The molecule has 4 rings (SSSR count). The molecule has 3 aromatic heterocycles. The van der Waals surface area contributed by atoms with Crippen LogP contribution in [0.1, 0.15) is 39.1 Å². The minimum absolute atomic E-state index is 0.0449. The number of pyridine rings is 1. The van der Waals surface area contributed by atoms with Crippen LogP contribution in [-0.2, 0) is 6.54 Å². The Morgan fingerprint density at radius 1 is 1.03 bits per heavy atom. The number of furan rings is 1. The van der Waals surface area contributed by atoms with E-state index in [1.807, 2.05) is 6.07 Å². The van der Waals surface area contributed by atoms with Crippen LogP contribution in [-0.4, -0.2) is 46.1 Å². The van der Waals surface area contributed by atoms with Crippen LogP contribution in [0.5, 0.6) is 0 Å². The molecule has 0 aliphatic heterocycles. The van der Waals surface area contributed by atoms with Crippen LogP contribution in [0.4, 0.5) is 16.3 Å². The van der Waals surface area contributed by atoms with Crippen LogP contribution in [0.3, 0.4) is 0 Å². The van der Waals surface area contributed by atoms with Gasteiger partial charge in [0.15, 0.2) is 5.78 Å². The average Bonchev–Trinajstić information content (AvgIpc) is 3.44. The largest absolute Gasteiger partial charge is 0.467 e. The number of aromatic nitrogens is 2. The van der Waals surface area contributed by atoms with E-state index in [1.54, 1.807) is 85.2 Å². The fraction of sp³-hybridized carbons (Fsp3) is 0.200. The van der Waals surface area contributed by atoms with Crippen molar-refractivity contribution >= 4 is 34.9 Å². The third kappa shape index (κ3) is 4.54. The van der Waals surface area contributed by atoms with Crippen LogP contribution in [0.15, 0.2) is 65.4 Å². The summed E-state index contributed by atoms with van der Waals surface area (Å²) in [4.78, 5) is 44.9. The number of aryl methyl sites for hydroxylation is 1. The summed E-state index contributed by atoms with van der Waals surface area (Å²) in [5.74, 6) is 0.991. The molecule has 0 aliphatic carbocycles. The van der Waals surface area contributed by atoms with Crippen molar-refractivity contribution in [2.75, 3.05) is 24.3 Å². The zero-order valence-electron chi connectivity index (χ0n) is 19.4. The number of benzene rings is 1. The Kier molecular flexibility index (Phi) is 6.18. The molecule has 3 amide bonds. The predicted octanol–water partition coefficient (Wildman–Crippen LogP) is 4.38. The molecule has 0 saturated heterocycles. The van der Waals surface area contributed by atoms with Gasteiger partial charge in [-0.15, -0.1) is 0 Å². The van der Waals surface area contributed by atoms with Crippen molar-refractivity contribution < 1.29 is 18.8 Å². The van der Waals surface area contributed by atoms with Crippen molar-refractivity contribution in [2.24, 2.45) is 0 Å². The normalized spacial score (nSPS) is 10.8. The number of fused-ring (bicyclic) bond motifs is 1. The molecular weight excluding hydrogens is 434 g/mol. The lowest BCUT2D eigenvalue weighted by Crippen LogP contribution is -2.32. The van der Waals surface area contributed by atoms with Gasteiger partial charge in [-0.05, 0) is 62.4 Å². The first-order chi connectivity index (χ1) is 16.2. The van der Waals surface area contributed by atoms with Crippen LogP contribution >= 0.6 is 0 Å². The molecule has 9 nitrogen and oxygen atoms in total. The molecule has 1 N–H and O–H groups in total. The van der Waals surface area contributed by atoms with E-state index in [1.165, 1.54) is 11.8 Å². The van der Waals surface area contributed by atoms with Gasteiger partial charge in [0, 0.05) is 31.5 Å². The number of ketones is 1. The molecule has 34 heavy (non-hydrogen) atoms. The highest BCUT2D eigenvalue weighted by atomic mass is 16.3. The van der Waals surface area contributed by atoms with Gasteiger partial charge in [0.05, 0.1) is 24.1 Å². The lowest BCUT2D eigenvalue weighted by Gasteiger charge is -2.19. The van der Waals surface area contributed by atoms with E-state index in [4.69, 9.17) is 4.42 Å². The van der Waals surface area contributed by atoms with Crippen molar-refractivity contribution in [1.82, 2.24) is 14.3 Å². The number of anilines is 2. The van der Waals surface area contributed by atoms with Gasteiger partial charge >= 0.3 is 6.03 Å². The zero-order chi connectivity index (χ0) is 24.4. The van der Waals surface area contributed by atoms with Gasteiger partial charge < -0.3 is 14.6 Å². The Balaban J connectivity index is 1.57. The number of Topliss-reactive ketones (excluding diaryl/α,β-unsaturated/α-hetero) is 1. The first-order valence-electron chi connectivity index (χ1n) is 10.7. The lowest BCUT2D eigenvalue weighted by molar-refractivity contribution is 0.0774. The minimum atomic E-state index is -0.382. The molecule has 0 spiro atoms. The maximum Gasteiger partial charge on any atom is 0.327 e.